The summed E-state index contributed by atoms with van der Waals surface area (Å²) < 4.78 is 6.46. The van der Waals surface area contributed by atoms with Gasteiger partial charge in [-0.15, -0.1) is 16.9 Å². The molecule has 1 aromatic heterocycles. The first-order valence-electron chi connectivity index (χ1n) is 5.49. The van der Waals surface area contributed by atoms with Crippen LogP contribution in [0.2, 0.25) is 0 Å². The van der Waals surface area contributed by atoms with Crippen LogP contribution in [0, 0.1) is 0 Å². The van der Waals surface area contributed by atoms with Crippen molar-refractivity contribution in [1.29, 1.82) is 0 Å². The minimum absolute atomic E-state index is 0.216. The van der Waals surface area contributed by atoms with Crippen LogP contribution in [-0.4, -0.2) is 33.8 Å². The summed E-state index contributed by atoms with van der Waals surface area (Å²) in [6.07, 6.45) is 3.56. The van der Waals surface area contributed by atoms with Crippen molar-refractivity contribution in [2.45, 2.75) is 11.8 Å². The molecule has 0 fully saturated rings. The second kappa shape index (κ2) is 5.68. The van der Waals surface area contributed by atoms with Gasteiger partial charge in [0.05, 0.1) is 18.5 Å². The summed E-state index contributed by atoms with van der Waals surface area (Å²) in [5.74, 6) is -0.453. The number of thioether (sulfide) groups is 1. The summed E-state index contributed by atoms with van der Waals surface area (Å²) in [6, 6.07) is 7.79. The predicted molar refractivity (Wildman–Crippen MR) is 69.1 cm³/mol. The van der Waals surface area contributed by atoms with Crippen LogP contribution in [0.25, 0.3) is 5.69 Å². The minimum atomic E-state index is -0.453. The quantitative estimate of drug-likeness (QED) is 0.625. The van der Waals surface area contributed by atoms with Gasteiger partial charge in [0.1, 0.15) is 0 Å². The van der Waals surface area contributed by atoms with E-state index in [2.05, 4.69) is 10.3 Å². The summed E-state index contributed by atoms with van der Waals surface area (Å²) in [7, 11) is 0. The van der Waals surface area contributed by atoms with E-state index in [0.717, 1.165) is 10.6 Å². The average Bonchev–Trinajstić information content (AvgIpc) is 2.88. The lowest BCUT2D eigenvalue weighted by atomic mass is 10.3. The van der Waals surface area contributed by atoms with Gasteiger partial charge < -0.3 is 4.74 Å². The van der Waals surface area contributed by atoms with Gasteiger partial charge in [0.15, 0.2) is 5.69 Å². The first-order valence-corrected chi connectivity index (χ1v) is 6.71. The van der Waals surface area contributed by atoms with Crippen LogP contribution in [-0.2, 0) is 4.74 Å². The van der Waals surface area contributed by atoms with Crippen molar-refractivity contribution in [3.63, 3.8) is 0 Å². The van der Waals surface area contributed by atoms with Gasteiger partial charge >= 0.3 is 5.97 Å². The lowest BCUT2D eigenvalue weighted by Gasteiger charge is -2.05. The van der Waals surface area contributed by atoms with Crippen LogP contribution >= 0.6 is 11.8 Å². The number of aromatic nitrogens is 3. The van der Waals surface area contributed by atoms with Crippen LogP contribution in [0.3, 0.4) is 0 Å². The van der Waals surface area contributed by atoms with Crippen LogP contribution in [0.1, 0.15) is 17.4 Å². The Morgan fingerprint density at radius 3 is 2.94 bits per heavy atom. The van der Waals surface area contributed by atoms with Crippen molar-refractivity contribution >= 4 is 17.7 Å². The molecule has 0 aliphatic heterocycles. The molecule has 0 aliphatic rings. The second-order valence-corrected chi connectivity index (χ2v) is 4.29. The molecule has 0 spiro atoms. The van der Waals surface area contributed by atoms with Crippen molar-refractivity contribution in [3.05, 3.63) is 36.2 Å². The molecule has 0 saturated heterocycles. The number of hydrogen-bond acceptors (Lipinski definition) is 5. The Morgan fingerprint density at radius 1 is 1.44 bits per heavy atom. The van der Waals surface area contributed by atoms with E-state index in [9.17, 15) is 4.79 Å². The smallest absolute Gasteiger partial charge is 0.360 e. The maximum atomic E-state index is 11.5. The summed E-state index contributed by atoms with van der Waals surface area (Å²) in [4.78, 5) is 12.6. The van der Waals surface area contributed by atoms with E-state index in [1.54, 1.807) is 29.6 Å². The standard InChI is InChI=1S/C12H13N3O2S/c1-3-17-12(16)9-8-15(14-13-9)10-6-4-5-7-11(10)18-2/h4-8H,3H2,1-2H3. The lowest BCUT2D eigenvalue weighted by Crippen LogP contribution is -2.04. The number of benzene rings is 1. The molecule has 2 rings (SSSR count). The largest absolute Gasteiger partial charge is 0.461 e. The molecule has 1 heterocycles. The third kappa shape index (κ3) is 2.53. The highest BCUT2D eigenvalue weighted by molar-refractivity contribution is 7.98. The molecule has 94 valence electrons. The first kappa shape index (κ1) is 12.6. The molecule has 2 aromatic rings. The molecule has 0 aliphatic carbocycles. The normalized spacial score (nSPS) is 10.3. The highest BCUT2D eigenvalue weighted by atomic mass is 32.2. The number of carbonyl (C=O) groups is 1. The number of nitrogens with zero attached hydrogens (tertiary/aromatic N) is 3. The van der Waals surface area contributed by atoms with Crippen molar-refractivity contribution in [3.8, 4) is 5.69 Å². The number of ether oxygens (including phenoxy) is 1. The predicted octanol–water partition coefficient (Wildman–Crippen LogP) is 2.17. The van der Waals surface area contributed by atoms with Gasteiger partial charge in [-0.05, 0) is 25.3 Å². The zero-order valence-corrected chi connectivity index (χ0v) is 11.0. The zero-order valence-electron chi connectivity index (χ0n) is 10.2. The molecule has 0 atom stereocenters. The van der Waals surface area contributed by atoms with Crippen molar-refractivity contribution in [2.24, 2.45) is 0 Å². The molecule has 1 aromatic carbocycles. The number of rotatable bonds is 4. The van der Waals surface area contributed by atoms with Crippen molar-refractivity contribution < 1.29 is 9.53 Å². The molecule has 0 amide bonds. The van der Waals surface area contributed by atoms with Crippen molar-refractivity contribution in [1.82, 2.24) is 15.0 Å². The summed E-state index contributed by atoms with van der Waals surface area (Å²) >= 11 is 1.61. The molecule has 18 heavy (non-hydrogen) atoms. The Labute approximate surface area is 109 Å². The van der Waals surface area contributed by atoms with E-state index in [1.807, 2.05) is 30.5 Å². The first-order chi connectivity index (χ1) is 8.76. The summed E-state index contributed by atoms with van der Waals surface area (Å²) in [6.45, 7) is 2.08. The van der Waals surface area contributed by atoms with E-state index in [4.69, 9.17) is 4.74 Å². The topological polar surface area (TPSA) is 57.0 Å². The van der Waals surface area contributed by atoms with Crippen LogP contribution in [0.5, 0.6) is 0 Å². The Kier molecular flexibility index (Phi) is 3.99. The molecule has 5 nitrogen and oxygen atoms in total. The zero-order chi connectivity index (χ0) is 13.0. The number of esters is 1. The van der Waals surface area contributed by atoms with Crippen LogP contribution in [0.15, 0.2) is 35.4 Å². The monoisotopic (exact) mass is 263 g/mol. The SMILES string of the molecule is CCOC(=O)c1cn(-c2ccccc2SC)nn1. The van der Waals surface area contributed by atoms with Gasteiger partial charge in [-0.2, -0.15) is 0 Å². The maximum Gasteiger partial charge on any atom is 0.360 e. The Morgan fingerprint density at radius 2 is 2.22 bits per heavy atom. The molecule has 0 saturated carbocycles. The van der Waals surface area contributed by atoms with Crippen molar-refractivity contribution in [2.75, 3.05) is 12.9 Å². The summed E-state index contributed by atoms with van der Waals surface area (Å²) in [5, 5.41) is 7.77. The third-order valence-corrected chi connectivity index (χ3v) is 3.09. The summed E-state index contributed by atoms with van der Waals surface area (Å²) in [5.41, 5.74) is 1.11. The van der Waals surface area contributed by atoms with Gasteiger partial charge in [0, 0.05) is 4.90 Å². The van der Waals surface area contributed by atoms with E-state index >= 15 is 0 Å². The fourth-order valence-corrected chi connectivity index (χ4v) is 2.08. The molecule has 0 unspecified atom stereocenters. The highest BCUT2D eigenvalue weighted by Gasteiger charge is 2.13. The molecule has 0 radical (unpaired) electrons. The van der Waals surface area contributed by atoms with Gasteiger partial charge in [0.25, 0.3) is 0 Å². The van der Waals surface area contributed by atoms with E-state index < -0.39 is 5.97 Å². The number of para-hydroxylation sites is 1. The Bertz CT molecular complexity index is 554. The van der Waals surface area contributed by atoms with Gasteiger partial charge in [-0.1, -0.05) is 17.3 Å². The Balaban J connectivity index is 2.32. The molecular formula is C12H13N3O2S. The average molecular weight is 263 g/mol. The van der Waals surface area contributed by atoms with Gasteiger partial charge in [0.2, 0.25) is 0 Å². The highest BCUT2D eigenvalue weighted by Crippen LogP contribution is 2.22. The lowest BCUT2D eigenvalue weighted by molar-refractivity contribution is 0.0519. The van der Waals surface area contributed by atoms with Gasteiger partial charge in [-0.25, -0.2) is 9.48 Å². The van der Waals surface area contributed by atoms with E-state index in [1.165, 1.54) is 0 Å². The third-order valence-electron chi connectivity index (χ3n) is 2.31. The molecule has 0 N–H and O–H groups in total. The number of carbonyl (C=O) groups excluding carboxylic acids is 1. The van der Waals surface area contributed by atoms with Crippen LogP contribution in [0.4, 0.5) is 0 Å². The number of hydrogen-bond donors (Lipinski definition) is 0. The molecule has 0 bridgehead atoms. The fourth-order valence-electron chi connectivity index (χ4n) is 1.50. The second-order valence-electron chi connectivity index (χ2n) is 3.44. The minimum Gasteiger partial charge on any atom is -0.461 e. The van der Waals surface area contributed by atoms with E-state index in [-0.39, 0.29) is 5.69 Å². The maximum absolute atomic E-state index is 11.5. The molecule has 6 heteroatoms. The fraction of sp³-hybridized carbons (Fsp3) is 0.250. The van der Waals surface area contributed by atoms with Gasteiger partial charge in [-0.3, -0.25) is 0 Å². The van der Waals surface area contributed by atoms with Crippen LogP contribution < -0.4 is 0 Å². The Hall–Kier alpha value is -1.82. The molecular weight excluding hydrogens is 250 g/mol. The van der Waals surface area contributed by atoms with E-state index in [0.29, 0.717) is 6.61 Å².